The van der Waals surface area contributed by atoms with Crippen LogP contribution in [0.2, 0.25) is 0 Å². The van der Waals surface area contributed by atoms with Gasteiger partial charge in [0, 0.05) is 23.7 Å². The van der Waals surface area contributed by atoms with E-state index in [1.54, 1.807) is 0 Å². The van der Waals surface area contributed by atoms with Gasteiger partial charge in [-0.1, -0.05) is 37.3 Å². The van der Waals surface area contributed by atoms with Gasteiger partial charge in [-0.25, -0.2) is 0 Å². The molecule has 0 aliphatic carbocycles. The molecule has 110 valence electrons. The summed E-state index contributed by atoms with van der Waals surface area (Å²) in [6.07, 6.45) is 2.71. The van der Waals surface area contributed by atoms with E-state index < -0.39 is 0 Å². The average Bonchev–Trinajstić information content (AvgIpc) is 2.54. The Balaban J connectivity index is 1.85. The molecule has 0 fully saturated rings. The van der Waals surface area contributed by atoms with Crippen LogP contribution < -0.4 is 5.32 Å². The maximum absolute atomic E-state index is 11.6. The Bertz CT molecular complexity index is 560. The molecule has 0 radical (unpaired) electrons. The standard InChI is InChI=1S/C19H23NO/c1-3-19(21)17-11-13-18(14-12-17)20-15(2)9-10-16-7-5-4-6-8-16/h4-8,11-15,20H,3,9-10H2,1-2H3. The maximum Gasteiger partial charge on any atom is 0.162 e. The van der Waals surface area contributed by atoms with Gasteiger partial charge in [-0.05, 0) is 49.6 Å². The van der Waals surface area contributed by atoms with Crippen LogP contribution >= 0.6 is 0 Å². The molecule has 0 saturated carbocycles. The molecule has 21 heavy (non-hydrogen) atoms. The first kappa shape index (κ1) is 15.3. The summed E-state index contributed by atoms with van der Waals surface area (Å²) in [5.74, 6) is 0.193. The van der Waals surface area contributed by atoms with E-state index >= 15 is 0 Å². The Morgan fingerprint density at radius 1 is 1.05 bits per heavy atom. The van der Waals surface area contributed by atoms with Crippen LogP contribution in [0.25, 0.3) is 0 Å². The number of ketones is 1. The first-order valence-electron chi connectivity index (χ1n) is 7.62. The van der Waals surface area contributed by atoms with Crippen molar-refractivity contribution in [1.82, 2.24) is 0 Å². The lowest BCUT2D eigenvalue weighted by molar-refractivity contribution is 0.0988. The van der Waals surface area contributed by atoms with Crippen LogP contribution in [0.3, 0.4) is 0 Å². The zero-order valence-corrected chi connectivity index (χ0v) is 12.8. The van der Waals surface area contributed by atoms with Crippen molar-refractivity contribution in [2.75, 3.05) is 5.32 Å². The molecule has 1 atom stereocenters. The fraction of sp³-hybridized carbons (Fsp3) is 0.316. The molecule has 1 N–H and O–H groups in total. The summed E-state index contributed by atoms with van der Waals surface area (Å²) in [5, 5.41) is 3.48. The van der Waals surface area contributed by atoms with E-state index in [2.05, 4.69) is 36.5 Å². The van der Waals surface area contributed by atoms with Crippen molar-refractivity contribution in [1.29, 1.82) is 0 Å². The molecular formula is C19H23NO. The predicted molar refractivity (Wildman–Crippen MR) is 88.9 cm³/mol. The molecule has 0 aliphatic rings. The summed E-state index contributed by atoms with van der Waals surface area (Å²) in [5.41, 5.74) is 3.23. The highest BCUT2D eigenvalue weighted by atomic mass is 16.1. The van der Waals surface area contributed by atoms with Crippen molar-refractivity contribution < 1.29 is 4.79 Å². The molecule has 2 nitrogen and oxygen atoms in total. The van der Waals surface area contributed by atoms with E-state index in [9.17, 15) is 4.79 Å². The van der Waals surface area contributed by atoms with Gasteiger partial charge in [-0.3, -0.25) is 4.79 Å². The molecule has 2 heteroatoms. The number of benzene rings is 2. The quantitative estimate of drug-likeness (QED) is 0.744. The first-order valence-corrected chi connectivity index (χ1v) is 7.62. The van der Waals surface area contributed by atoms with E-state index in [-0.39, 0.29) is 5.78 Å². The van der Waals surface area contributed by atoms with E-state index in [0.29, 0.717) is 12.5 Å². The third kappa shape index (κ3) is 4.75. The highest BCUT2D eigenvalue weighted by molar-refractivity contribution is 5.96. The minimum absolute atomic E-state index is 0.193. The van der Waals surface area contributed by atoms with Crippen molar-refractivity contribution in [2.45, 2.75) is 39.2 Å². The zero-order chi connectivity index (χ0) is 15.1. The highest BCUT2D eigenvalue weighted by Gasteiger charge is 2.05. The number of aryl methyl sites for hydroxylation is 1. The van der Waals surface area contributed by atoms with Crippen LogP contribution in [0, 0.1) is 0 Å². The molecule has 0 aliphatic heterocycles. The Labute approximate surface area is 127 Å². The lowest BCUT2D eigenvalue weighted by Crippen LogP contribution is -2.16. The number of anilines is 1. The third-order valence-electron chi connectivity index (χ3n) is 3.65. The topological polar surface area (TPSA) is 29.1 Å². The van der Waals surface area contributed by atoms with Crippen molar-refractivity contribution in [3.05, 3.63) is 65.7 Å². The minimum Gasteiger partial charge on any atom is -0.383 e. The maximum atomic E-state index is 11.6. The van der Waals surface area contributed by atoms with Crippen LogP contribution in [0.5, 0.6) is 0 Å². The molecule has 1 unspecified atom stereocenters. The molecule has 0 aromatic heterocycles. The first-order chi connectivity index (χ1) is 10.2. The summed E-state index contributed by atoms with van der Waals surface area (Å²) in [4.78, 5) is 11.6. The van der Waals surface area contributed by atoms with Crippen LogP contribution in [0.4, 0.5) is 5.69 Å². The number of rotatable bonds is 7. The van der Waals surface area contributed by atoms with Crippen LogP contribution in [0.15, 0.2) is 54.6 Å². The molecule has 0 bridgehead atoms. The van der Waals surface area contributed by atoms with Gasteiger partial charge in [0.2, 0.25) is 0 Å². The highest BCUT2D eigenvalue weighted by Crippen LogP contribution is 2.14. The third-order valence-corrected chi connectivity index (χ3v) is 3.65. The predicted octanol–water partition coefficient (Wildman–Crippen LogP) is 4.71. The zero-order valence-electron chi connectivity index (χ0n) is 12.8. The number of carbonyl (C=O) groups excluding carboxylic acids is 1. The average molecular weight is 281 g/mol. The normalized spacial score (nSPS) is 11.9. The SMILES string of the molecule is CCC(=O)c1ccc(NC(C)CCc2ccccc2)cc1. The second-order valence-electron chi connectivity index (χ2n) is 5.42. The Morgan fingerprint density at radius 3 is 2.33 bits per heavy atom. The monoisotopic (exact) mass is 281 g/mol. The van der Waals surface area contributed by atoms with Crippen LogP contribution in [-0.2, 0) is 6.42 Å². The van der Waals surface area contributed by atoms with E-state index in [4.69, 9.17) is 0 Å². The molecule has 0 heterocycles. The van der Waals surface area contributed by atoms with Gasteiger partial charge in [-0.2, -0.15) is 0 Å². The van der Waals surface area contributed by atoms with Crippen LogP contribution in [-0.4, -0.2) is 11.8 Å². The fourth-order valence-corrected chi connectivity index (χ4v) is 2.34. The van der Waals surface area contributed by atoms with Crippen molar-refractivity contribution in [3.8, 4) is 0 Å². The van der Waals surface area contributed by atoms with Gasteiger partial charge in [0.25, 0.3) is 0 Å². The molecule has 2 aromatic rings. The van der Waals surface area contributed by atoms with Gasteiger partial charge >= 0.3 is 0 Å². The molecule has 2 rings (SSSR count). The lowest BCUT2D eigenvalue weighted by Gasteiger charge is -2.15. The van der Waals surface area contributed by atoms with E-state index in [0.717, 1.165) is 24.1 Å². The van der Waals surface area contributed by atoms with Gasteiger partial charge in [-0.15, -0.1) is 0 Å². The lowest BCUT2D eigenvalue weighted by atomic mass is 10.1. The summed E-state index contributed by atoms with van der Waals surface area (Å²) in [6, 6.07) is 18.7. The molecule has 0 saturated heterocycles. The number of Topliss-reactive ketones (excluding diaryl/α,β-unsaturated/α-hetero) is 1. The summed E-state index contributed by atoms with van der Waals surface area (Å²) in [6.45, 7) is 4.08. The van der Waals surface area contributed by atoms with Gasteiger partial charge in [0.1, 0.15) is 0 Å². The van der Waals surface area contributed by atoms with Crippen molar-refractivity contribution >= 4 is 11.5 Å². The van der Waals surface area contributed by atoms with E-state index in [1.165, 1.54) is 5.56 Å². The van der Waals surface area contributed by atoms with Crippen molar-refractivity contribution in [2.24, 2.45) is 0 Å². The smallest absolute Gasteiger partial charge is 0.162 e. The van der Waals surface area contributed by atoms with Gasteiger partial charge < -0.3 is 5.32 Å². The minimum atomic E-state index is 0.193. The van der Waals surface area contributed by atoms with Crippen LogP contribution in [0.1, 0.15) is 42.6 Å². The number of carbonyl (C=O) groups is 1. The molecule has 0 amide bonds. The van der Waals surface area contributed by atoms with Gasteiger partial charge in [0.05, 0.1) is 0 Å². The second-order valence-corrected chi connectivity index (χ2v) is 5.42. The summed E-state index contributed by atoms with van der Waals surface area (Å²) >= 11 is 0. The Morgan fingerprint density at radius 2 is 1.71 bits per heavy atom. The Hall–Kier alpha value is -2.09. The molecule has 0 spiro atoms. The number of hydrogen-bond acceptors (Lipinski definition) is 2. The molecular weight excluding hydrogens is 258 g/mol. The Kier molecular flexibility index (Phi) is 5.56. The summed E-state index contributed by atoms with van der Waals surface area (Å²) in [7, 11) is 0. The largest absolute Gasteiger partial charge is 0.383 e. The number of nitrogens with one attached hydrogen (secondary N) is 1. The second kappa shape index (κ2) is 7.63. The fourth-order valence-electron chi connectivity index (χ4n) is 2.34. The number of hydrogen-bond donors (Lipinski definition) is 1. The van der Waals surface area contributed by atoms with Gasteiger partial charge in [0.15, 0.2) is 5.78 Å². The van der Waals surface area contributed by atoms with E-state index in [1.807, 2.05) is 37.3 Å². The van der Waals surface area contributed by atoms with Crippen molar-refractivity contribution in [3.63, 3.8) is 0 Å². The molecule has 2 aromatic carbocycles. The summed E-state index contributed by atoms with van der Waals surface area (Å²) < 4.78 is 0.